The van der Waals surface area contributed by atoms with Gasteiger partial charge in [0.15, 0.2) is 0 Å². The van der Waals surface area contributed by atoms with E-state index >= 15 is 0 Å². The van der Waals surface area contributed by atoms with E-state index in [1.54, 1.807) is 6.92 Å². The Bertz CT molecular complexity index is 728. The fraction of sp³-hybridized carbons (Fsp3) is 0.435. The Balaban J connectivity index is 1.39. The summed E-state index contributed by atoms with van der Waals surface area (Å²) in [5.74, 6) is -0.108. The van der Waals surface area contributed by atoms with Gasteiger partial charge in [-0.05, 0) is 36.5 Å². The van der Waals surface area contributed by atoms with Gasteiger partial charge < -0.3 is 19.5 Å². The van der Waals surface area contributed by atoms with Crippen LogP contribution in [0.2, 0.25) is 0 Å². The highest BCUT2D eigenvalue weighted by Crippen LogP contribution is 2.13. The van der Waals surface area contributed by atoms with E-state index in [-0.39, 0.29) is 12.0 Å². The van der Waals surface area contributed by atoms with Crippen LogP contribution < -0.4 is 5.32 Å². The number of ether oxygens (including phenoxy) is 3. The third-order valence-electron chi connectivity index (χ3n) is 4.76. The van der Waals surface area contributed by atoms with E-state index < -0.39 is 6.10 Å². The molecule has 0 aromatic heterocycles. The lowest BCUT2D eigenvalue weighted by molar-refractivity contribution is -0.133. The molecule has 1 N–H and O–H groups in total. The van der Waals surface area contributed by atoms with Gasteiger partial charge in [0.2, 0.25) is 5.91 Å². The van der Waals surface area contributed by atoms with Gasteiger partial charge in [-0.2, -0.15) is 0 Å². The van der Waals surface area contributed by atoms with Gasteiger partial charge in [0.1, 0.15) is 6.10 Å². The van der Waals surface area contributed by atoms with Crippen molar-refractivity contribution in [1.29, 1.82) is 0 Å². The normalized spacial score (nSPS) is 17.4. The summed E-state index contributed by atoms with van der Waals surface area (Å²) in [6.07, 6.45) is 1.72. The molecule has 5 nitrogen and oxygen atoms in total. The van der Waals surface area contributed by atoms with Gasteiger partial charge in [0, 0.05) is 13.2 Å². The number of amides is 1. The summed E-state index contributed by atoms with van der Waals surface area (Å²) in [4.78, 5) is 12.2. The third kappa shape index (κ3) is 6.75. The molecule has 2 unspecified atom stereocenters. The molecule has 1 heterocycles. The van der Waals surface area contributed by atoms with Crippen LogP contribution in [0, 0.1) is 0 Å². The molecule has 0 bridgehead atoms. The summed E-state index contributed by atoms with van der Waals surface area (Å²) in [5.41, 5.74) is 3.29. The van der Waals surface area contributed by atoms with Crippen molar-refractivity contribution in [2.45, 2.75) is 51.7 Å². The zero-order valence-corrected chi connectivity index (χ0v) is 16.4. The lowest BCUT2D eigenvalue weighted by atomic mass is 10.1. The Morgan fingerprint density at radius 3 is 2.64 bits per heavy atom. The second-order valence-corrected chi connectivity index (χ2v) is 7.13. The maximum absolute atomic E-state index is 12.2. The molecule has 150 valence electrons. The van der Waals surface area contributed by atoms with Crippen LogP contribution >= 0.6 is 0 Å². The molecule has 1 aliphatic heterocycles. The number of rotatable bonds is 10. The minimum Gasteiger partial charge on any atom is -0.376 e. The van der Waals surface area contributed by atoms with Crippen molar-refractivity contribution in [3.05, 3.63) is 71.3 Å². The standard InChI is InChI=1S/C23H29NO4/c1-18(28-17-22-11-6-12-27-22)23(25)24-14-20-9-5-10-21(13-20)16-26-15-19-7-3-2-4-8-19/h2-5,7-10,13,18,22H,6,11-12,14-17H2,1H3,(H,24,25). The van der Waals surface area contributed by atoms with Crippen LogP contribution in [-0.4, -0.2) is 31.3 Å². The van der Waals surface area contributed by atoms with Crippen molar-refractivity contribution in [3.63, 3.8) is 0 Å². The van der Waals surface area contributed by atoms with E-state index in [9.17, 15) is 4.79 Å². The molecule has 3 rings (SSSR count). The van der Waals surface area contributed by atoms with Crippen molar-refractivity contribution in [2.75, 3.05) is 13.2 Å². The molecular weight excluding hydrogens is 354 g/mol. The Morgan fingerprint density at radius 1 is 1.11 bits per heavy atom. The quantitative estimate of drug-likeness (QED) is 0.681. The number of hydrogen-bond acceptors (Lipinski definition) is 4. The van der Waals surface area contributed by atoms with Gasteiger partial charge in [-0.1, -0.05) is 54.6 Å². The predicted molar refractivity (Wildman–Crippen MR) is 108 cm³/mol. The monoisotopic (exact) mass is 383 g/mol. The Morgan fingerprint density at radius 2 is 1.86 bits per heavy atom. The van der Waals surface area contributed by atoms with Gasteiger partial charge in [-0.15, -0.1) is 0 Å². The number of carbonyl (C=O) groups excluding carboxylic acids is 1. The van der Waals surface area contributed by atoms with Gasteiger partial charge in [0.25, 0.3) is 0 Å². The minimum atomic E-state index is -0.485. The molecule has 0 saturated carbocycles. The van der Waals surface area contributed by atoms with Crippen LogP contribution in [0.5, 0.6) is 0 Å². The van der Waals surface area contributed by atoms with E-state index in [2.05, 4.69) is 11.4 Å². The number of carbonyl (C=O) groups is 1. The average Bonchev–Trinajstić information content (AvgIpc) is 3.25. The highest BCUT2D eigenvalue weighted by molar-refractivity contribution is 5.80. The fourth-order valence-electron chi connectivity index (χ4n) is 3.13. The van der Waals surface area contributed by atoms with E-state index in [0.717, 1.165) is 36.1 Å². The molecular formula is C23H29NO4. The van der Waals surface area contributed by atoms with E-state index in [0.29, 0.717) is 26.4 Å². The molecule has 0 aliphatic carbocycles. The van der Waals surface area contributed by atoms with Crippen molar-refractivity contribution in [1.82, 2.24) is 5.32 Å². The zero-order valence-electron chi connectivity index (χ0n) is 16.4. The van der Waals surface area contributed by atoms with Gasteiger partial charge in [-0.25, -0.2) is 0 Å². The van der Waals surface area contributed by atoms with Gasteiger partial charge in [0.05, 0.1) is 25.9 Å². The molecule has 2 aromatic rings. The largest absolute Gasteiger partial charge is 0.376 e. The van der Waals surface area contributed by atoms with E-state index in [1.165, 1.54) is 0 Å². The van der Waals surface area contributed by atoms with Crippen molar-refractivity contribution < 1.29 is 19.0 Å². The smallest absolute Gasteiger partial charge is 0.249 e. The Labute approximate surface area is 167 Å². The maximum atomic E-state index is 12.2. The van der Waals surface area contributed by atoms with Crippen LogP contribution in [0.25, 0.3) is 0 Å². The van der Waals surface area contributed by atoms with Crippen LogP contribution in [0.4, 0.5) is 0 Å². The lowest BCUT2D eigenvalue weighted by Gasteiger charge is -2.16. The lowest BCUT2D eigenvalue weighted by Crippen LogP contribution is -2.35. The molecule has 0 radical (unpaired) electrons. The number of benzene rings is 2. The molecule has 5 heteroatoms. The average molecular weight is 383 g/mol. The van der Waals surface area contributed by atoms with Crippen molar-refractivity contribution in [2.24, 2.45) is 0 Å². The molecule has 0 spiro atoms. The fourth-order valence-corrected chi connectivity index (χ4v) is 3.13. The van der Waals surface area contributed by atoms with Gasteiger partial charge in [-0.3, -0.25) is 4.79 Å². The molecule has 1 aliphatic rings. The third-order valence-corrected chi connectivity index (χ3v) is 4.76. The van der Waals surface area contributed by atoms with Crippen molar-refractivity contribution in [3.8, 4) is 0 Å². The molecule has 1 saturated heterocycles. The molecule has 28 heavy (non-hydrogen) atoms. The molecule has 2 atom stereocenters. The molecule has 1 fully saturated rings. The summed E-state index contributed by atoms with van der Waals surface area (Å²) < 4.78 is 16.9. The molecule has 2 aromatic carbocycles. The van der Waals surface area contributed by atoms with Crippen LogP contribution in [0.15, 0.2) is 54.6 Å². The Hall–Kier alpha value is -2.21. The van der Waals surface area contributed by atoms with E-state index in [1.807, 2.05) is 48.5 Å². The topological polar surface area (TPSA) is 56.8 Å². The summed E-state index contributed by atoms with van der Waals surface area (Å²) in [7, 11) is 0. The first-order valence-corrected chi connectivity index (χ1v) is 9.91. The highest BCUT2D eigenvalue weighted by Gasteiger charge is 2.19. The summed E-state index contributed by atoms with van der Waals surface area (Å²) in [6.45, 7) is 4.64. The summed E-state index contributed by atoms with van der Waals surface area (Å²) in [6, 6.07) is 18.2. The second kappa shape index (κ2) is 11.0. The highest BCUT2D eigenvalue weighted by atomic mass is 16.5. The summed E-state index contributed by atoms with van der Waals surface area (Å²) >= 11 is 0. The van der Waals surface area contributed by atoms with Crippen molar-refractivity contribution >= 4 is 5.91 Å². The maximum Gasteiger partial charge on any atom is 0.249 e. The molecule has 1 amide bonds. The summed E-state index contributed by atoms with van der Waals surface area (Å²) in [5, 5.41) is 2.94. The first-order valence-electron chi connectivity index (χ1n) is 9.91. The van der Waals surface area contributed by atoms with Crippen LogP contribution in [0.1, 0.15) is 36.5 Å². The van der Waals surface area contributed by atoms with Crippen LogP contribution in [-0.2, 0) is 38.8 Å². The second-order valence-electron chi connectivity index (χ2n) is 7.13. The number of nitrogens with one attached hydrogen (secondary N) is 1. The van der Waals surface area contributed by atoms with Crippen LogP contribution in [0.3, 0.4) is 0 Å². The first kappa shape index (κ1) is 20.5. The minimum absolute atomic E-state index is 0.108. The SMILES string of the molecule is CC(OCC1CCCO1)C(=O)NCc1cccc(COCc2ccccc2)c1. The zero-order chi connectivity index (χ0) is 19.6. The Kier molecular flexibility index (Phi) is 8.03. The number of hydrogen-bond donors (Lipinski definition) is 1. The van der Waals surface area contributed by atoms with Gasteiger partial charge >= 0.3 is 0 Å². The predicted octanol–water partition coefficient (Wildman–Crippen LogP) is 3.60. The first-order chi connectivity index (χ1) is 13.7. The van der Waals surface area contributed by atoms with E-state index in [4.69, 9.17) is 14.2 Å².